The number of nitrogens with one attached hydrogen (secondary N) is 1. The number of rotatable bonds is 7. The van der Waals surface area contributed by atoms with Crippen molar-refractivity contribution in [3.8, 4) is 0 Å². The van der Waals surface area contributed by atoms with E-state index in [2.05, 4.69) is 9.46 Å². The Balaban J connectivity index is 2.70. The molecule has 0 atom stereocenters. The molecule has 5 nitrogen and oxygen atoms in total. The average molecular weight is 349 g/mol. The Kier molecular flexibility index (Phi) is 6.41. The van der Waals surface area contributed by atoms with Gasteiger partial charge in [-0.15, -0.1) is 0 Å². The molecule has 1 rings (SSSR count). The second-order valence-electron chi connectivity index (χ2n) is 3.67. The summed E-state index contributed by atoms with van der Waals surface area (Å²) in [4.78, 5) is -0.308. The molecular weight excluding hydrogens is 337 g/mol. The lowest BCUT2D eigenvalue weighted by Gasteiger charge is -2.11. The number of halogens is 4. The largest absolute Gasteiger partial charge is 0.398 e. The van der Waals surface area contributed by atoms with Gasteiger partial charge in [0.1, 0.15) is 11.5 Å². The van der Waals surface area contributed by atoms with E-state index >= 15 is 0 Å². The highest BCUT2D eigenvalue weighted by Crippen LogP contribution is 2.30. The molecule has 0 bridgehead atoms. The minimum atomic E-state index is -3.97. The number of alkyl halides is 2. The maximum atomic E-state index is 12.0. The van der Waals surface area contributed by atoms with Gasteiger partial charge in [-0.25, -0.2) is 21.9 Å². The summed E-state index contributed by atoms with van der Waals surface area (Å²) < 4.78 is 54.2. The summed E-state index contributed by atoms with van der Waals surface area (Å²) >= 11 is 11.5. The smallest absolute Gasteiger partial charge is 0.261 e. The van der Waals surface area contributed by atoms with Gasteiger partial charge in [0.05, 0.1) is 17.3 Å². The quantitative estimate of drug-likeness (QED) is 0.584. The van der Waals surface area contributed by atoms with Gasteiger partial charge in [0.15, 0.2) is 0 Å². The third-order valence-corrected chi connectivity index (χ3v) is 4.29. The third-order valence-electron chi connectivity index (χ3n) is 2.09. The van der Waals surface area contributed by atoms with Crippen LogP contribution in [0.2, 0.25) is 10.0 Å². The molecule has 114 valence electrons. The van der Waals surface area contributed by atoms with Crippen molar-refractivity contribution in [2.45, 2.75) is 11.3 Å². The molecule has 1 aromatic rings. The molecule has 20 heavy (non-hydrogen) atoms. The van der Waals surface area contributed by atoms with Gasteiger partial charge in [-0.05, 0) is 12.1 Å². The molecule has 0 aliphatic rings. The van der Waals surface area contributed by atoms with Gasteiger partial charge in [0, 0.05) is 11.6 Å². The molecule has 3 N–H and O–H groups in total. The van der Waals surface area contributed by atoms with Crippen LogP contribution < -0.4 is 10.5 Å². The molecule has 0 spiro atoms. The second kappa shape index (κ2) is 7.37. The van der Waals surface area contributed by atoms with Crippen molar-refractivity contribution in [2.24, 2.45) is 0 Å². The summed E-state index contributed by atoms with van der Waals surface area (Å²) in [6, 6.07) is 2.48. The predicted molar refractivity (Wildman–Crippen MR) is 72.9 cm³/mol. The summed E-state index contributed by atoms with van der Waals surface area (Å²) in [7, 11) is -3.97. The van der Waals surface area contributed by atoms with Gasteiger partial charge in [-0.2, -0.15) is 0 Å². The first kappa shape index (κ1) is 17.4. The molecule has 0 aliphatic heterocycles. The van der Waals surface area contributed by atoms with Crippen LogP contribution in [0.3, 0.4) is 0 Å². The predicted octanol–water partition coefficient (Wildman–Crippen LogP) is 2.14. The minimum Gasteiger partial charge on any atom is -0.398 e. The molecular formula is C10H12Cl2F2N2O3S. The molecule has 0 aromatic heterocycles. The Bertz CT molecular complexity index is 547. The highest BCUT2D eigenvalue weighted by molar-refractivity contribution is 7.89. The molecule has 0 aliphatic carbocycles. The first-order valence-corrected chi connectivity index (χ1v) is 7.58. The van der Waals surface area contributed by atoms with Crippen molar-refractivity contribution in [1.82, 2.24) is 4.72 Å². The van der Waals surface area contributed by atoms with E-state index in [1.165, 1.54) is 12.1 Å². The monoisotopic (exact) mass is 348 g/mol. The van der Waals surface area contributed by atoms with E-state index in [0.717, 1.165) is 0 Å². The summed E-state index contributed by atoms with van der Waals surface area (Å²) in [6.07, 6.45) is -2.60. The molecule has 1 aromatic carbocycles. The maximum absolute atomic E-state index is 12.0. The lowest BCUT2D eigenvalue weighted by atomic mass is 10.3. The average Bonchev–Trinajstić information content (AvgIpc) is 2.25. The zero-order chi connectivity index (χ0) is 15.3. The van der Waals surface area contributed by atoms with Gasteiger partial charge in [0.25, 0.3) is 6.43 Å². The summed E-state index contributed by atoms with van der Waals surface area (Å²) in [5.74, 6) is 0. The van der Waals surface area contributed by atoms with Crippen LogP contribution in [0.15, 0.2) is 17.0 Å². The third kappa shape index (κ3) is 5.02. The number of hydrogen-bond donors (Lipinski definition) is 2. The molecule has 10 heteroatoms. The van der Waals surface area contributed by atoms with Crippen LogP contribution in [0.4, 0.5) is 14.5 Å². The number of benzene rings is 1. The Hall–Kier alpha value is -0.670. The zero-order valence-electron chi connectivity index (χ0n) is 10.1. The first-order valence-electron chi connectivity index (χ1n) is 5.34. The standard InChI is InChI=1S/C10H12Cl2F2N2O3S/c11-6-3-7(12)10(8(15)4-6)20(17,18)16-1-2-19-5-9(13)14/h3-4,9,16H,1-2,5,15H2. The number of hydrogen-bond acceptors (Lipinski definition) is 4. The van der Waals surface area contributed by atoms with Gasteiger partial charge in [0.2, 0.25) is 10.0 Å². The van der Waals surface area contributed by atoms with E-state index < -0.39 is 23.1 Å². The molecule has 0 unspecified atom stereocenters. The van der Waals surface area contributed by atoms with Gasteiger partial charge in [-0.1, -0.05) is 23.2 Å². The van der Waals surface area contributed by atoms with Crippen LogP contribution in [0.25, 0.3) is 0 Å². The van der Waals surface area contributed by atoms with Gasteiger partial charge < -0.3 is 10.5 Å². The van der Waals surface area contributed by atoms with E-state index in [1.54, 1.807) is 0 Å². The van der Waals surface area contributed by atoms with Crippen molar-refractivity contribution in [2.75, 3.05) is 25.5 Å². The van der Waals surface area contributed by atoms with Gasteiger partial charge in [-0.3, -0.25) is 0 Å². The lowest BCUT2D eigenvalue weighted by Crippen LogP contribution is -2.28. The molecule has 0 radical (unpaired) electrons. The Morgan fingerprint density at radius 1 is 1.35 bits per heavy atom. The Labute approximate surface area is 125 Å². The number of anilines is 1. The van der Waals surface area contributed by atoms with Crippen LogP contribution in [0.5, 0.6) is 0 Å². The summed E-state index contributed by atoms with van der Waals surface area (Å²) in [6.45, 7) is -1.15. The number of ether oxygens (including phenoxy) is 1. The van der Waals surface area contributed by atoms with Gasteiger partial charge >= 0.3 is 0 Å². The van der Waals surface area contributed by atoms with Crippen LogP contribution in [0.1, 0.15) is 0 Å². The first-order chi connectivity index (χ1) is 9.24. The van der Waals surface area contributed by atoms with Crippen LogP contribution in [-0.2, 0) is 14.8 Å². The van der Waals surface area contributed by atoms with E-state index in [4.69, 9.17) is 28.9 Å². The minimum absolute atomic E-state index is 0.108. The SMILES string of the molecule is Nc1cc(Cl)cc(Cl)c1S(=O)(=O)NCCOCC(F)F. The van der Waals surface area contributed by atoms with Crippen molar-refractivity contribution in [3.05, 3.63) is 22.2 Å². The molecule has 0 fully saturated rings. The zero-order valence-corrected chi connectivity index (χ0v) is 12.4. The molecule has 0 saturated carbocycles. The Morgan fingerprint density at radius 3 is 2.55 bits per heavy atom. The van der Waals surface area contributed by atoms with Crippen molar-refractivity contribution >= 4 is 38.9 Å². The van der Waals surface area contributed by atoms with Crippen LogP contribution >= 0.6 is 23.2 Å². The molecule has 0 amide bonds. The summed E-state index contributed by atoms with van der Waals surface area (Å²) in [5, 5.41) is 0.0720. The number of nitrogens with two attached hydrogens (primary N) is 1. The normalized spacial score (nSPS) is 12.1. The topological polar surface area (TPSA) is 81.4 Å². The van der Waals surface area contributed by atoms with Crippen molar-refractivity contribution < 1.29 is 21.9 Å². The fraction of sp³-hybridized carbons (Fsp3) is 0.400. The summed E-state index contributed by atoms with van der Waals surface area (Å²) in [5.41, 5.74) is 5.45. The number of nitrogen functional groups attached to an aromatic ring is 1. The molecule has 0 heterocycles. The lowest BCUT2D eigenvalue weighted by molar-refractivity contribution is 0.0199. The highest BCUT2D eigenvalue weighted by Gasteiger charge is 2.21. The van der Waals surface area contributed by atoms with E-state index in [0.29, 0.717) is 0 Å². The highest BCUT2D eigenvalue weighted by atomic mass is 35.5. The van der Waals surface area contributed by atoms with E-state index in [-0.39, 0.29) is 33.8 Å². The molecule has 0 saturated heterocycles. The van der Waals surface area contributed by atoms with Crippen molar-refractivity contribution in [1.29, 1.82) is 0 Å². The second-order valence-corrected chi connectivity index (χ2v) is 6.22. The van der Waals surface area contributed by atoms with Crippen LogP contribution in [-0.4, -0.2) is 34.6 Å². The fourth-order valence-electron chi connectivity index (χ4n) is 1.36. The maximum Gasteiger partial charge on any atom is 0.261 e. The van der Waals surface area contributed by atoms with Crippen LogP contribution in [0, 0.1) is 0 Å². The fourth-order valence-corrected chi connectivity index (χ4v) is 3.35. The van der Waals surface area contributed by atoms with E-state index in [9.17, 15) is 17.2 Å². The Morgan fingerprint density at radius 2 is 2.00 bits per heavy atom. The number of sulfonamides is 1. The van der Waals surface area contributed by atoms with Crippen molar-refractivity contribution in [3.63, 3.8) is 0 Å². The van der Waals surface area contributed by atoms with E-state index in [1.807, 2.05) is 0 Å².